The molecule has 0 atom stereocenters. The quantitative estimate of drug-likeness (QED) is 0.200. The minimum atomic E-state index is -1.10. The first-order valence-electron chi connectivity index (χ1n) is 11.8. The van der Waals surface area contributed by atoms with Crippen molar-refractivity contribution in [2.24, 2.45) is 0 Å². The van der Waals surface area contributed by atoms with Crippen LogP contribution in [0, 0.1) is 0 Å². The number of rotatable bonds is 6. The number of carboxylic acid groups (broad SMARTS) is 1. The highest BCUT2D eigenvalue weighted by Gasteiger charge is 2.12. The van der Waals surface area contributed by atoms with Crippen LogP contribution in [0.4, 0.5) is 16.2 Å². The maximum Gasteiger partial charge on any atom is 0.409 e. The van der Waals surface area contributed by atoms with Crippen molar-refractivity contribution in [3.8, 4) is 22.3 Å². The number of amides is 1. The molecule has 0 saturated carbocycles. The Balaban J connectivity index is 1.54. The number of anilines is 2. The summed E-state index contributed by atoms with van der Waals surface area (Å²) in [5.74, 6) is 0. The lowest BCUT2D eigenvalue weighted by atomic mass is 9.98. The van der Waals surface area contributed by atoms with Crippen LogP contribution in [-0.2, 0) is 0 Å². The molecule has 5 aromatic rings. The van der Waals surface area contributed by atoms with E-state index in [1.165, 1.54) is 0 Å². The van der Waals surface area contributed by atoms with Crippen LogP contribution >= 0.6 is 11.6 Å². The van der Waals surface area contributed by atoms with Crippen molar-refractivity contribution >= 4 is 40.7 Å². The molecule has 0 unspecified atom stereocenters. The molecule has 0 spiro atoms. The highest BCUT2D eigenvalue weighted by Crippen LogP contribution is 2.31. The minimum Gasteiger partial charge on any atom is -0.465 e. The van der Waals surface area contributed by atoms with Crippen molar-refractivity contribution in [1.82, 2.24) is 9.97 Å². The monoisotopic (exact) mass is 518 g/mol. The van der Waals surface area contributed by atoms with Crippen molar-refractivity contribution in [1.29, 1.82) is 0 Å². The zero-order valence-electron chi connectivity index (χ0n) is 20.2. The summed E-state index contributed by atoms with van der Waals surface area (Å²) >= 11 is 6.19. The largest absolute Gasteiger partial charge is 0.465 e. The van der Waals surface area contributed by atoms with Gasteiger partial charge in [0.15, 0.2) is 0 Å². The van der Waals surface area contributed by atoms with Crippen molar-refractivity contribution in [2.45, 2.75) is 0 Å². The summed E-state index contributed by atoms with van der Waals surface area (Å²) in [5.41, 5.74) is 14.3. The second-order valence-electron chi connectivity index (χ2n) is 8.57. The van der Waals surface area contributed by atoms with E-state index in [-0.39, 0.29) is 0 Å². The summed E-state index contributed by atoms with van der Waals surface area (Å²) in [6, 6.07) is 30.4. The van der Waals surface area contributed by atoms with Crippen molar-refractivity contribution in [3.63, 3.8) is 0 Å². The number of carbonyl (C=O) groups is 1. The molecule has 0 fully saturated rings. The van der Waals surface area contributed by atoms with Crippen LogP contribution < -0.4 is 11.1 Å². The van der Waals surface area contributed by atoms with Crippen molar-refractivity contribution in [3.05, 3.63) is 131 Å². The zero-order chi connectivity index (χ0) is 26.5. The molecule has 186 valence electrons. The number of hydrogen-bond donors (Lipinski definition) is 3. The van der Waals surface area contributed by atoms with Crippen LogP contribution in [0.1, 0.15) is 17.0 Å². The summed E-state index contributed by atoms with van der Waals surface area (Å²) in [6.07, 6.45) is 4.50. The molecule has 5 rings (SSSR count). The van der Waals surface area contributed by atoms with E-state index >= 15 is 0 Å². The van der Waals surface area contributed by atoms with E-state index in [4.69, 9.17) is 27.4 Å². The Kier molecular flexibility index (Phi) is 7.15. The van der Waals surface area contributed by atoms with E-state index in [1.54, 1.807) is 36.7 Å². The van der Waals surface area contributed by atoms with Gasteiger partial charge in [-0.1, -0.05) is 60.1 Å². The number of benzene rings is 3. The molecule has 0 aliphatic rings. The Labute approximate surface area is 225 Å². The third-order valence-electron chi connectivity index (χ3n) is 5.98. The van der Waals surface area contributed by atoms with Gasteiger partial charge in [0.1, 0.15) is 0 Å². The standard InChI is InChI=1S/C31H23ClN4O2/c32-24-9-12-28(33)26(18-24)23-8-13-29(35-19-23)27(16-20-4-2-1-3-5-20)30-17-22(14-15-34-30)21-6-10-25(11-7-21)36-31(37)38/h1-19,36H,33H2,(H,37,38). The van der Waals surface area contributed by atoms with E-state index < -0.39 is 6.09 Å². The Morgan fingerprint density at radius 1 is 0.816 bits per heavy atom. The SMILES string of the molecule is Nc1ccc(Cl)cc1-c1ccc(C(=Cc2ccccc2)c2cc(-c3ccc(NC(=O)O)cc3)ccn2)nc1. The summed E-state index contributed by atoms with van der Waals surface area (Å²) in [6.45, 7) is 0. The Morgan fingerprint density at radius 2 is 1.58 bits per heavy atom. The number of nitrogen functional groups attached to an aromatic ring is 1. The van der Waals surface area contributed by atoms with Gasteiger partial charge in [-0.3, -0.25) is 15.3 Å². The predicted molar refractivity (Wildman–Crippen MR) is 154 cm³/mol. The van der Waals surface area contributed by atoms with Gasteiger partial charge in [-0.2, -0.15) is 0 Å². The van der Waals surface area contributed by atoms with Gasteiger partial charge in [-0.05, 0) is 71.3 Å². The highest BCUT2D eigenvalue weighted by molar-refractivity contribution is 6.31. The highest BCUT2D eigenvalue weighted by atomic mass is 35.5. The molecular weight excluding hydrogens is 496 g/mol. The van der Waals surface area contributed by atoms with Gasteiger partial charge in [0.2, 0.25) is 0 Å². The molecule has 6 nitrogen and oxygen atoms in total. The molecule has 1 amide bonds. The van der Waals surface area contributed by atoms with Gasteiger partial charge in [0, 0.05) is 45.5 Å². The van der Waals surface area contributed by atoms with Crippen LogP contribution in [0.2, 0.25) is 5.02 Å². The molecule has 0 aliphatic carbocycles. The van der Waals surface area contributed by atoms with Crippen molar-refractivity contribution < 1.29 is 9.90 Å². The number of pyridine rings is 2. The maximum absolute atomic E-state index is 10.9. The van der Waals surface area contributed by atoms with Crippen LogP contribution in [0.15, 0.2) is 109 Å². The minimum absolute atomic E-state index is 0.504. The first-order chi connectivity index (χ1) is 18.5. The average Bonchev–Trinajstić information content (AvgIpc) is 2.94. The lowest BCUT2D eigenvalue weighted by molar-refractivity contribution is 0.209. The van der Waals surface area contributed by atoms with Gasteiger partial charge >= 0.3 is 6.09 Å². The molecule has 38 heavy (non-hydrogen) atoms. The van der Waals surface area contributed by atoms with E-state index in [9.17, 15) is 4.79 Å². The van der Waals surface area contributed by atoms with E-state index in [0.29, 0.717) is 16.4 Å². The van der Waals surface area contributed by atoms with E-state index in [2.05, 4.69) is 16.4 Å². The van der Waals surface area contributed by atoms with Crippen LogP contribution in [0.5, 0.6) is 0 Å². The maximum atomic E-state index is 10.9. The lowest BCUT2D eigenvalue weighted by Crippen LogP contribution is -2.06. The lowest BCUT2D eigenvalue weighted by Gasteiger charge is -2.12. The van der Waals surface area contributed by atoms with Gasteiger partial charge < -0.3 is 10.8 Å². The van der Waals surface area contributed by atoms with E-state index in [0.717, 1.165) is 44.8 Å². The second-order valence-corrected chi connectivity index (χ2v) is 9.01. The molecule has 3 aromatic carbocycles. The van der Waals surface area contributed by atoms with Gasteiger partial charge in [-0.15, -0.1) is 0 Å². The molecule has 7 heteroatoms. The predicted octanol–water partition coefficient (Wildman–Crippen LogP) is 7.73. The number of nitrogens with one attached hydrogen (secondary N) is 1. The molecule has 4 N–H and O–H groups in total. The smallest absolute Gasteiger partial charge is 0.409 e. The molecule has 0 radical (unpaired) electrons. The molecular formula is C31H23ClN4O2. The molecule has 2 aromatic heterocycles. The number of hydrogen-bond acceptors (Lipinski definition) is 4. The first kappa shape index (κ1) is 24.7. The average molecular weight is 519 g/mol. The van der Waals surface area contributed by atoms with Gasteiger partial charge in [0.05, 0.1) is 11.4 Å². The van der Waals surface area contributed by atoms with Gasteiger partial charge in [0.25, 0.3) is 0 Å². The third kappa shape index (κ3) is 5.72. The summed E-state index contributed by atoms with van der Waals surface area (Å²) in [7, 11) is 0. The Bertz CT molecular complexity index is 1620. The van der Waals surface area contributed by atoms with Crippen LogP contribution in [-0.4, -0.2) is 21.2 Å². The first-order valence-corrected chi connectivity index (χ1v) is 12.2. The summed E-state index contributed by atoms with van der Waals surface area (Å²) in [5, 5.41) is 11.9. The fourth-order valence-corrected chi connectivity index (χ4v) is 4.29. The Morgan fingerprint density at radius 3 is 2.29 bits per heavy atom. The van der Waals surface area contributed by atoms with Crippen LogP contribution in [0.3, 0.4) is 0 Å². The summed E-state index contributed by atoms with van der Waals surface area (Å²) < 4.78 is 0. The fraction of sp³-hybridized carbons (Fsp3) is 0. The van der Waals surface area contributed by atoms with E-state index in [1.807, 2.05) is 72.8 Å². The third-order valence-corrected chi connectivity index (χ3v) is 6.22. The molecule has 0 aliphatic heterocycles. The number of halogens is 1. The fourth-order valence-electron chi connectivity index (χ4n) is 4.11. The van der Waals surface area contributed by atoms with Crippen LogP contribution in [0.25, 0.3) is 33.9 Å². The van der Waals surface area contributed by atoms with Crippen molar-refractivity contribution in [2.75, 3.05) is 11.1 Å². The zero-order valence-corrected chi connectivity index (χ0v) is 20.9. The normalized spacial score (nSPS) is 11.2. The number of aromatic nitrogens is 2. The Hall–Kier alpha value is -4.94. The topological polar surface area (TPSA) is 101 Å². The molecule has 0 bridgehead atoms. The molecule has 0 saturated heterocycles. The second kappa shape index (κ2) is 11.0. The number of nitrogens with two attached hydrogens (primary N) is 1. The molecule has 2 heterocycles. The number of nitrogens with zero attached hydrogens (tertiary/aromatic N) is 2. The van der Waals surface area contributed by atoms with Gasteiger partial charge in [-0.25, -0.2) is 4.79 Å². The summed E-state index contributed by atoms with van der Waals surface area (Å²) in [4.78, 5) is 20.4.